The van der Waals surface area contributed by atoms with E-state index in [-0.39, 0.29) is 25.3 Å². The SMILES string of the molecule is Cc1nc2c(n1CCO)CCC(NC(=O)OCc1ccccc1)C2. The summed E-state index contributed by atoms with van der Waals surface area (Å²) >= 11 is 0. The van der Waals surface area contributed by atoms with Crippen LogP contribution in [0.2, 0.25) is 0 Å². The van der Waals surface area contributed by atoms with E-state index >= 15 is 0 Å². The van der Waals surface area contributed by atoms with Gasteiger partial charge in [-0.05, 0) is 25.3 Å². The Labute approximate surface area is 141 Å². The molecule has 0 saturated heterocycles. The van der Waals surface area contributed by atoms with Crippen molar-refractivity contribution in [2.24, 2.45) is 0 Å². The van der Waals surface area contributed by atoms with Crippen molar-refractivity contribution < 1.29 is 14.6 Å². The maximum absolute atomic E-state index is 12.0. The quantitative estimate of drug-likeness (QED) is 0.879. The predicted molar refractivity (Wildman–Crippen MR) is 89.6 cm³/mol. The zero-order valence-corrected chi connectivity index (χ0v) is 13.9. The van der Waals surface area contributed by atoms with E-state index in [2.05, 4.69) is 14.9 Å². The molecule has 6 heteroatoms. The molecule has 1 atom stereocenters. The molecule has 0 radical (unpaired) electrons. The Morgan fingerprint density at radius 3 is 2.96 bits per heavy atom. The van der Waals surface area contributed by atoms with Gasteiger partial charge in [0.1, 0.15) is 12.4 Å². The van der Waals surface area contributed by atoms with Crippen LogP contribution in [0.1, 0.15) is 29.2 Å². The van der Waals surface area contributed by atoms with Gasteiger partial charge in [-0.25, -0.2) is 9.78 Å². The summed E-state index contributed by atoms with van der Waals surface area (Å²) in [6.45, 7) is 2.90. The molecule has 24 heavy (non-hydrogen) atoms. The van der Waals surface area contributed by atoms with Crippen molar-refractivity contribution in [3.63, 3.8) is 0 Å². The molecule has 0 bridgehead atoms. The fourth-order valence-electron chi connectivity index (χ4n) is 3.21. The fraction of sp³-hybridized carbons (Fsp3) is 0.444. The van der Waals surface area contributed by atoms with E-state index in [9.17, 15) is 4.79 Å². The summed E-state index contributed by atoms with van der Waals surface area (Å²) in [5, 5.41) is 12.1. The van der Waals surface area contributed by atoms with Crippen molar-refractivity contribution in [3.8, 4) is 0 Å². The van der Waals surface area contributed by atoms with Crippen LogP contribution in [0.5, 0.6) is 0 Å². The molecule has 1 aromatic carbocycles. The van der Waals surface area contributed by atoms with E-state index in [1.807, 2.05) is 37.3 Å². The van der Waals surface area contributed by atoms with Crippen LogP contribution in [-0.4, -0.2) is 33.4 Å². The fourth-order valence-corrected chi connectivity index (χ4v) is 3.21. The Balaban J connectivity index is 1.54. The van der Waals surface area contributed by atoms with Gasteiger partial charge < -0.3 is 19.7 Å². The van der Waals surface area contributed by atoms with Crippen molar-refractivity contribution in [2.75, 3.05) is 6.61 Å². The molecular weight excluding hydrogens is 306 g/mol. The van der Waals surface area contributed by atoms with Gasteiger partial charge in [-0.2, -0.15) is 0 Å². The van der Waals surface area contributed by atoms with Gasteiger partial charge in [-0.3, -0.25) is 0 Å². The van der Waals surface area contributed by atoms with Crippen LogP contribution in [-0.2, 0) is 30.7 Å². The third-order valence-corrected chi connectivity index (χ3v) is 4.37. The highest BCUT2D eigenvalue weighted by atomic mass is 16.5. The van der Waals surface area contributed by atoms with Gasteiger partial charge in [0.15, 0.2) is 0 Å². The highest BCUT2D eigenvalue weighted by Crippen LogP contribution is 2.22. The predicted octanol–water partition coefficient (Wildman–Crippen LogP) is 1.97. The van der Waals surface area contributed by atoms with Crippen molar-refractivity contribution in [1.82, 2.24) is 14.9 Å². The molecule has 2 N–H and O–H groups in total. The number of rotatable bonds is 5. The average Bonchev–Trinajstić information content (AvgIpc) is 2.89. The lowest BCUT2D eigenvalue weighted by Crippen LogP contribution is -2.39. The normalized spacial score (nSPS) is 16.5. The Morgan fingerprint density at radius 2 is 2.21 bits per heavy atom. The molecule has 0 aliphatic heterocycles. The van der Waals surface area contributed by atoms with Gasteiger partial charge in [0.05, 0.1) is 12.3 Å². The van der Waals surface area contributed by atoms with Crippen LogP contribution in [0, 0.1) is 6.92 Å². The monoisotopic (exact) mass is 329 g/mol. The first-order valence-electron chi connectivity index (χ1n) is 8.30. The van der Waals surface area contributed by atoms with Crippen LogP contribution in [0.25, 0.3) is 0 Å². The second kappa shape index (κ2) is 7.49. The maximum Gasteiger partial charge on any atom is 0.407 e. The van der Waals surface area contributed by atoms with Crippen molar-refractivity contribution in [3.05, 3.63) is 53.1 Å². The smallest absolute Gasteiger partial charge is 0.407 e. The second-order valence-corrected chi connectivity index (χ2v) is 6.07. The van der Waals surface area contributed by atoms with Crippen molar-refractivity contribution in [2.45, 2.75) is 45.4 Å². The van der Waals surface area contributed by atoms with Gasteiger partial charge in [0.2, 0.25) is 0 Å². The summed E-state index contributed by atoms with van der Waals surface area (Å²) in [5.74, 6) is 0.918. The second-order valence-electron chi connectivity index (χ2n) is 6.07. The van der Waals surface area contributed by atoms with E-state index in [0.717, 1.165) is 29.9 Å². The molecule has 0 spiro atoms. The molecular formula is C18H23N3O3. The first-order valence-corrected chi connectivity index (χ1v) is 8.30. The minimum Gasteiger partial charge on any atom is -0.445 e. The van der Waals surface area contributed by atoms with Crippen LogP contribution in [0.15, 0.2) is 30.3 Å². The lowest BCUT2D eigenvalue weighted by atomic mass is 9.96. The third kappa shape index (κ3) is 3.76. The number of hydrogen-bond donors (Lipinski definition) is 2. The summed E-state index contributed by atoms with van der Waals surface area (Å²) in [6, 6.07) is 9.67. The number of hydrogen-bond acceptors (Lipinski definition) is 4. The molecule has 3 rings (SSSR count). The number of alkyl carbamates (subject to hydrolysis) is 1. The number of carbonyl (C=O) groups excluding carboxylic acids is 1. The van der Waals surface area contributed by atoms with E-state index in [4.69, 9.17) is 9.84 Å². The number of aromatic nitrogens is 2. The summed E-state index contributed by atoms with van der Waals surface area (Å²) in [7, 11) is 0. The number of amides is 1. The molecule has 0 fully saturated rings. The van der Waals surface area contributed by atoms with Crippen molar-refractivity contribution >= 4 is 6.09 Å². The minimum atomic E-state index is -0.390. The van der Waals surface area contributed by atoms with Crippen LogP contribution in [0.4, 0.5) is 4.79 Å². The number of aliphatic hydroxyl groups is 1. The molecule has 0 saturated carbocycles. The number of imidazole rings is 1. The Hall–Kier alpha value is -2.34. The van der Waals surface area contributed by atoms with Gasteiger partial charge in [0, 0.05) is 24.7 Å². The van der Waals surface area contributed by atoms with E-state index in [1.54, 1.807) is 0 Å². The molecule has 1 aromatic heterocycles. The summed E-state index contributed by atoms with van der Waals surface area (Å²) in [4.78, 5) is 16.6. The summed E-state index contributed by atoms with van der Waals surface area (Å²) in [6.07, 6.45) is 2.01. The molecule has 1 amide bonds. The molecule has 6 nitrogen and oxygen atoms in total. The molecule has 1 aliphatic carbocycles. The first-order chi connectivity index (χ1) is 11.7. The number of aliphatic hydroxyl groups excluding tert-OH is 1. The number of nitrogens with one attached hydrogen (secondary N) is 1. The van der Waals surface area contributed by atoms with Crippen molar-refractivity contribution in [1.29, 1.82) is 0 Å². The lowest BCUT2D eigenvalue weighted by molar-refractivity contribution is 0.134. The number of aryl methyl sites for hydroxylation is 1. The van der Waals surface area contributed by atoms with Crippen LogP contribution in [0.3, 0.4) is 0 Å². The Morgan fingerprint density at radius 1 is 1.42 bits per heavy atom. The largest absolute Gasteiger partial charge is 0.445 e. The molecule has 128 valence electrons. The molecule has 1 heterocycles. The first kappa shape index (κ1) is 16.5. The highest BCUT2D eigenvalue weighted by molar-refractivity contribution is 5.67. The minimum absolute atomic E-state index is 0.0395. The highest BCUT2D eigenvalue weighted by Gasteiger charge is 2.25. The number of ether oxygens (including phenoxy) is 1. The maximum atomic E-state index is 12.0. The Kier molecular flexibility index (Phi) is 5.15. The summed E-state index contributed by atoms with van der Waals surface area (Å²) < 4.78 is 7.35. The Bertz CT molecular complexity index is 697. The van der Waals surface area contributed by atoms with Gasteiger partial charge in [-0.1, -0.05) is 30.3 Å². The van der Waals surface area contributed by atoms with Gasteiger partial charge in [0.25, 0.3) is 0 Å². The molecule has 1 unspecified atom stereocenters. The number of fused-ring (bicyclic) bond motifs is 1. The average molecular weight is 329 g/mol. The lowest BCUT2D eigenvalue weighted by Gasteiger charge is -2.23. The third-order valence-electron chi connectivity index (χ3n) is 4.37. The topological polar surface area (TPSA) is 76.4 Å². The molecule has 2 aromatic rings. The van der Waals surface area contributed by atoms with Gasteiger partial charge in [-0.15, -0.1) is 0 Å². The van der Waals surface area contributed by atoms with Crippen LogP contribution >= 0.6 is 0 Å². The number of nitrogens with zero attached hydrogens (tertiary/aromatic N) is 2. The van der Waals surface area contributed by atoms with E-state index < -0.39 is 0 Å². The zero-order chi connectivity index (χ0) is 16.9. The number of benzene rings is 1. The van der Waals surface area contributed by atoms with Gasteiger partial charge >= 0.3 is 6.09 Å². The molecule has 1 aliphatic rings. The standard InChI is InChI=1S/C18H23N3O3/c1-13-19-16-11-15(7-8-17(16)21(13)9-10-22)20-18(23)24-12-14-5-3-2-4-6-14/h2-6,15,22H,7-12H2,1H3,(H,20,23). The zero-order valence-electron chi connectivity index (χ0n) is 13.9. The van der Waals surface area contributed by atoms with E-state index in [1.165, 1.54) is 5.69 Å². The number of carbonyl (C=O) groups is 1. The van der Waals surface area contributed by atoms with Crippen LogP contribution < -0.4 is 5.32 Å². The summed E-state index contributed by atoms with van der Waals surface area (Å²) in [5.41, 5.74) is 3.16. The van der Waals surface area contributed by atoms with E-state index in [0.29, 0.717) is 13.0 Å².